The smallest absolute Gasteiger partial charge is 0.223 e. The van der Waals surface area contributed by atoms with Gasteiger partial charge in [-0.25, -0.2) is 9.37 Å². The first-order valence-corrected chi connectivity index (χ1v) is 18.8. The van der Waals surface area contributed by atoms with Gasteiger partial charge in [-0.15, -0.1) is 0 Å². The molecule has 50 heavy (non-hydrogen) atoms. The molecule has 1 N–H and O–H groups in total. The van der Waals surface area contributed by atoms with Crippen LogP contribution in [0.4, 0.5) is 4.39 Å². The van der Waals surface area contributed by atoms with Gasteiger partial charge in [-0.05, 0) is 119 Å². The molecule has 1 saturated carbocycles. The molecule has 6 aliphatic rings. The largest absolute Gasteiger partial charge is 0.472 e. The summed E-state index contributed by atoms with van der Waals surface area (Å²) in [7, 11) is 2.15. The molecule has 10 rings (SSSR count). The first-order chi connectivity index (χ1) is 24.2. The number of carbonyl (C=O) groups is 1. The van der Waals surface area contributed by atoms with Gasteiger partial charge in [0.15, 0.2) is 5.82 Å². The Balaban J connectivity index is 1.32. The van der Waals surface area contributed by atoms with Crippen LogP contribution in [-0.4, -0.2) is 70.1 Å². The zero-order valence-corrected chi connectivity index (χ0v) is 29.6. The number of ether oxygens (including phenoxy) is 1. The highest BCUT2D eigenvalue weighted by molar-refractivity contribution is 6.09. The molecule has 8 nitrogen and oxygen atoms in total. The maximum Gasteiger partial charge on any atom is 0.223 e. The van der Waals surface area contributed by atoms with Gasteiger partial charge in [0, 0.05) is 48.7 Å². The fourth-order valence-electron chi connectivity index (χ4n) is 10.5. The first kappa shape index (κ1) is 31.9. The van der Waals surface area contributed by atoms with E-state index in [0.717, 1.165) is 115 Å². The number of fused-ring (bicyclic) bond motifs is 5. The summed E-state index contributed by atoms with van der Waals surface area (Å²) in [4.78, 5) is 22.4. The molecule has 0 radical (unpaired) electrons. The second kappa shape index (κ2) is 12.1. The van der Waals surface area contributed by atoms with Crippen molar-refractivity contribution in [3.63, 3.8) is 0 Å². The monoisotopic (exact) mass is 674 g/mol. The van der Waals surface area contributed by atoms with E-state index in [0.29, 0.717) is 28.9 Å². The number of hydrogen-bond donors (Lipinski definition) is 1. The van der Waals surface area contributed by atoms with Gasteiger partial charge in [-0.2, -0.15) is 5.26 Å². The Hall–Kier alpha value is -4.00. The summed E-state index contributed by atoms with van der Waals surface area (Å²) < 4.78 is 27.0. The minimum atomic E-state index is -0.358. The number of nitriles is 1. The Labute approximate surface area is 293 Å². The van der Waals surface area contributed by atoms with Crippen molar-refractivity contribution in [1.82, 2.24) is 24.7 Å². The van der Waals surface area contributed by atoms with Crippen LogP contribution in [0.15, 0.2) is 30.3 Å². The number of aryl methyl sites for hydroxylation is 2. The van der Waals surface area contributed by atoms with Crippen molar-refractivity contribution in [2.24, 2.45) is 5.92 Å². The molecule has 1 amide bonds. The Morgan fingerprint density at radius 2 is 1.98 bits per heavy atom. The van der Waals surface area contributed by atoms with Crippen LogP contribution < -0.4 is 10.1 Å². The van der Waals surface area contributed by atoms with Crippen LogP contribution >= 0.6 is 0 Å². The van der Waals surface area contributed by atoms with Gasteiger partial charge < -0.3 is 19.5 Å². The molecule has 2 bridgehead atoms. The van der Waals surface area contributed by atoms with Gasteiger partial charge in [0.1, 0.15) is 11.6 Å². The van der Waals surface area contributed by atoms with Gasteiger partial charge in [0.25, 0.3) is 0 Å². The van der Waals surface area contributed by atoms with Gasteiger partial charge in [-0.3, -0.25) is 9.69 Å². The fourth-order valence-corrected chi connectivity index (χ4v) is 10.5. The second-order valence-electron chi connectivity index (χ2n) is 15.7. The highest BCUT2D eigenvalue weighted by Crippen LogP contribution is 2.51. The number of halogens is 1. The zero-order chi connectivity index (χ0) is 34.4. The lowest BCUT2D eigenvalue weighted by molar-refractivity contribution is -0.129. The third-order valence-corrected chi connectivity index (χ3v) is 12.9. The molecule has 2 aromatic carbocycles. The molecular formula is C41H47FN6O2. The summed E-state index contributed by atoms with van der Waals surface area (Å²) in [6.07, 6.45) is 7.64. The number of likely N-dealkylation sites (tertiary alicyclic amines) is 2. The van der Waals surface area contributed by atoms with Crippen molar-refractivity contribution in [3.8, 4) is 23.1 Å². The van der Waals surface area contributed by atoms with Gasteiger partial charge >= 0.3 is 0 Å². The van der Waals surface area contributed by atoms with Gasteiger partial charge in [0.2, 0.25) is 11.8 Å². The summed E-state index contributed by atoms with van der Waals surface area (Å²) in [5.41, 5.74) is 6.64. The molecule has 260 valence electrons. The summed E-state index contributed by atoms with van der Waals surface area (Å²) >= 11 is 0. The van der Waals surface area contributed by atoms with Crippen LogP contribution in [-0.2, 0) is 11.2 Å². The number of nitrogens with zero attached hydrogens (tertiary/aromatic N) is 5. The minimum absolute atomic E-state index is 0.0508. The third kappa shape index (κ3) is 4.74. The summed E-state index contributed by atoms with van der Waals surface area (Å²) in [6.45, 7) is 8.51. The second-order valence-corrected chi connectivity index (χ2v) is 15.7. The van der Waals surface area contributed by atoms with Crippen molar-refractivity contribution >= 4 is 27.7 Å². The number of likely N-dealkylation sites (N-methyl/N-ethyl adjacent to an activating group) is 1. The molecule has 6 heterocycles. The molecular weight excluding hydrogens is 627 g/mol. The van der Waals surface area contributed by atoms with E-state index in [2.05, 4.69) is 53.0 Å². The van der Waals surface area contributed by atoms with Gasteiger partial charge in [-0.1, -0.05) is 18.2 Å². The highest BCUT2D eigenvalue weighted by atomic mass is 19.1. The van der Waals surface area contributed by atoms with Crippen LogP contribution in [0.2, 0.25) is 0 Å². The average Bonchev–Trinajstić information content (AvgIpc) is 3.94. The molecule has 3 unspecified atom stereocenters. The van der Waals surface area contributed by atoms with Crippen molar-refractivity contribution < 1.29 is 13.9 Å². The van der Waals surface area contributed by atoms with E-state index < -0.39 is 0 Å². The number of benzene rings is 2. The fraction of sp³-hybridized carbons (Fsp3) is 0.537. The predicted molar refractivity (Wildman–Crippen MR) is 193 cm³/mol. The number of carbonyl (C=O) groups excluding carboxylic acids is 1. The summed E-state index contributed by atoms with van der Waals surface area (Å²) in [6, 6.07) is 13.7. The maximum atomic E-state index is 17.6. The maximum absolute atomic E-state index is 17.6. The van der Waals surface area contributed by atoms with Gasteiger partial charge in [0.05, 0.1) is 35.0 Å². The minimum Gasteiger partial charge on any atom is -0.472 e. The molecule has 4 saturated heterocycles. The van der Waals surface area contributed by atoms with Crippen molar-refractivity contribution in [1.29, 1.82) is 5.26 Å². The van der Waals surface area contributed by atoms with E-state index in [9.17, 15) is 10.1 Å². The molecule has 5 fully saturated rings. The number of amides is 1. The Morgan fingerprint density at radius 1 is 1.14 bits per heavy atom. The number of hydrogen-bond acceptors (Lipinski definition) is 6. The van der Waals surface area contributed by atoms with E-state index in [-0.39, 0.29) is 41.9 Å². The number of rotatable bonds is 6. The molecule has 9 heteroatoms. The molecule has 7 atom stereocenters. The predicted octanol–water partition coefficient (Wildman–Crippen LogP) is 7.33. The van der Waals surface area contributed by atoms with E-state index >= 15 is 4.39 Å². The number of pyridine rings is 1. The summed E-state index contributed by atoms with van der Waals surface area (Å²) in [5, 5.41) is 15.6. The molecule has 4 aromatic rings. The topological polar surface area (TPSA) is 86.4 Å². The zero-order valence-electron chi connectivity index (χ0n) is 29.6. The van der Waals surface area contributed by atoms with Crippen molar-refractivity contribution in [2.45, 2.75) is 108 Å². The highest BCUT2D eigenvalue weighted by Gasteiger charge is 2.50. The normalized spacial score (nSPS) is 28.2. The average molecular weight is 675 g/mol. The lowest BCUT2D eigenvalue weighted by Gasteiger charge is -2.39. The standard InChI is InChI=1S/C41H47FN6O2/c1-22-17-29-38(37(42)35(22)28-12-6-10-25-9-5-11-26(20-43)36(25)28)45-41(50-23(2)32-13-7-15-46(32)4)30-19-34(33-14-8-16-47(33)24(3)49)48(40(29)30)39-27-18-31(39)44-21-27/h6,10,12,17,19,23,26-27,31-33,39,44H,5,7-9,11,13-16,18,21H2,1-4H3/t23-,26?,27+,31+,32?,33?,39-/m0/s1. The van der Waals surface area contributed by atoms with E-state index in [1.54, 1.807) is 6.92 Å². The third-order valence-electron chi connectivity index (χ3n) is 12.9. The molecule has 0 spiro atoms. The molecule has 2 aromatic heterocycles. The van der Waals surface area contributed by atoms with Crippen molar-refractivity contribution in [2.75, 3.05) is 26.7 Å². The van der Waals surface area contributed by atoms with Crippen LogP contribution in [0, 0.1) is 30.0 Å². The SMILES string of the molecule is CC(=O)N1CCCC1c1cc2c(O[C@@H](C)C3CCCN3C)nc3c(F)c(-c4cccc5c4C(C#N)CCC5)c(C)cc3c2n1[C@H]1[C@H]2CN[C@@H]1C2. The Kier molecular flexibility index (Phi) is 7.70. The van der Waals surface area contributed by atoms with Crippen LogP contribution in [0.25, 0.3) is 32.9 Å². The lowest BCUT2D eigenvalue weighted by atomic mass is 9.78. The van der Waals surface area contributed by atoms with Crippen molar-refractivity contribution in [3.05, 3.63) is 58.5 Å². The Morgan fingerprint density at radius 3 is 2.70 bits per heavy atom. The summed E-state index contributed by atoms with van der Waals surface area (Å²) in [5.74, 6) is 0.406. The van der Waals surface area contributed by atoms with Crippen LogP contribution in [0.3, 0.4) is 0 Å². The van der Waals surface area contributed by atoms with Crippen LogP contribution in [0.5, 0.6) is 5.88 Å². The molecule has 4 aliphatic heterocycles. The number of nitrogens with one attached hydrogen (secondary N) is 1. The molecule has 2 aliphatic carbocycles. The Bertz CT molecular complexity index is 2070. The van der Waals surface area contributed by atoms with Crippen LogP contribution in [0.1, 0.15) is 99.2 Å². The van der Waals surface area contributed by atoms with E-state index in [4.69, 9.17) is 9.72 Å². The first-order valence-electron chi connectivity index (χ1n) is 18.8. The lowest BCUT2D eigenvalue weighted by Crippen LogP contribution is -2.40. The van der Waals surface area contributed by atoms with E-state index in [1.165, 1.54) is 0 Å². The van der Waals surface area contributed by atoms with E-state index in [1.807, 2.05) is 24.0 Å². The number of aromatic nitrogens is 2. The quantitative estimate of drug-likeness (QED) is 0.231.